The van der Waals surface area contributed by atoms with E-state index in [0.717, 1.165) is 26.6 Å². The van der Waals surface area contributed by atoms with Crippen molar-refractivity contribution in [2.24, 2.45) is 0 Å². The van der Waals surface area contributed by atoms with E-state index in [1.54, 1.807) is 0 Å². The lowest BCUT2D eigenvalue weighted by Gasteiger charge is -2.11. The molecule has 4 aromatic rings. The Labute approximate surface area is 168 Å². The van der Waals surface area contributed by atoms with Gasteiger partial charge in [-0.3, -0.25) is 15.6 Å². The molecule has 0 aliphatic rings. The van der Waals surface area contributed by atoms with Gasteiger partial charge in [0.05, 0.1) is 11.2 Å². The second kappa shape index (κ2) is 7.74. The summed E-state index contributed by atoms with van der Waals surface area (Å²) >= 11 is 3.48. The second-order valence-corrected chi connectivity index (χ2v) is 6.93. The van der Waals surface area contributed by atoms with Crippen molar-refractivity contribution in [3.63, 3.8) is 0 Å². The maximum Gasteiger partial charge on any atom is 0.269 e. The highest BCUT2D eigenvalue weighted by atomic mass is 79.9. The average molecular weight is 437 g/mol. The van der Waals surface area contributed by atoms with Crippen LogP contribution in [0, 0.1) is 5.82 Å². The summed E-state index contributed by atoms with van der Waals surface area (Å²) in [4.78, 5) is 21.3. The van der Waals surface area contributed by atoms with Crippen molar-refractivity contribution in [3.05, 3.63) is 88.6 Å². The zero-order chi connectivity index (χ0) is 19.5. The summed E-state index contributed by atoms with van der Waals surface area (Å²) in [5.41, 5.74) is 8.02. The normalized spacial score (nSPS) is 10.6. The molecule has 0 fully saturated rings. The van der Waals surface area contributed by atoms with Crippen LogP contribution in [0.5, 0.6) is 0 Å². The summed E-state index contributed by atoms with van der Waals surface area (Å²) in [5, 5.41) is 0.885. The minimum atomic E-state index is -0.416. The highest BCUT2D eigenvalue weighted by Crippen LogP contribution is 2.29. The third-order valence-electron chi connectivity index (χ3n) is 4.10. The van der Waals surface area contributed by atoms with E-state index in [-0.39, 0.29) is 5.95 Å². The molecule has 7 heteroatoms. The molecular weight excluding hydrogens is 423 g/mol. The monoisotopic (exact) mass is 436 g/mol. The van der Waals surface area contributed by atoms with E-state index in [0.29, 0.717) is 5.56 Å². The van der Waals surface area contributed by atoms with E-state index in [1.807, 2.05) is 48.5 Å². The number of hydrogen-bond acceptors (Lipinski definition) is 4. The summed E-state index contributed by atoms with van der Waals surface area (Å²) in [7, 11) is 0. The number of carbonyl (C=O) groups excluding carboxylic acids is 1. The largest absolute Gasteiger partial charge is 0.269 e. The standard InChI is InChI=1S/C21H14BrFN4O/c22-15-8-11-18-17(12-15)19(13-4-2-1-3-5-13)25-21(24-18)27-26-20(28)14-6-9-16(23)10-7-14/h1-12H,(H,26,28)(H,24,25,27). The van der Waals surface area contributed by atoms with Crippen molar-refractivity contribution in [2.45, 2.75) is 0 Å². The smallest absolute Gasteiger partial charge is 0.267 e. The molecule has 1 amide bonds. The van der Waals surface area contributed by atoms with E-state index >= 15 is 0 Å². The first-order valence-corrected chi connectivity index (χ1v) is 9.24. The molecule has 0 aliphatic heterocycles. The summed E-state index contributed by atoms with van der Waals surface area (Å²) in [6, 6.07) is 20.7. The van der Waals surface area contributed by atoms with Crippen LogP contribution in [0.15, 0.2) is 77.3 Å². The number of nitrogens with zero attached hydrogens (tertiary/aromatic N) is 2. The van der Waals surface area contributed by atoms with Crippen LogP contribution in [0.4, 0.5) is 10.3 Å². The summed E-state index contributed by atoms with van der Waals surface area (Å²) < 4.78 is 13.9. The number of carbonyl (C=O) groups is 1. The summed E-state index contributed by atoms with van der Waals surface area (Å²) in [6.45, 7) is 0. The van der Waals surface area contributed by atoms with Gasteiger partial charge in [0.1, 0.15) is 5.82 Å². The molecule has 3 aromatic carbocycles. The molecule has 4 rings (SSSR count). The summed E-state index contributed by atoms with van der Waals surface area (Å²) in [5.74, 6) is -0.564. The van der Waals surface area contributed by atoms with Crippen molar-refractivity contribution in [2.75, 3.05) is 5.43 Å². The molecule has 0 bridgehead atoms. The molecule has 1 aromatic heterocycles. The van der Waals surface area contributed by atoms with Gasteiger partial charge in [0.2, 0.25) is 5.95 Å². The molecule has 0 atom stereocenters. The zero-order valence-electron chi connectivity index (χ0n) is 14.5. The number of hydrogen-bond donors (Lipinski definition) is 2. The van der Waals surface area contributed by atoms with Crippen molar-refractivity contribution in [1.82, 2.24) is 15.4 Å². The minimum absolute atomic E-state index is 0.254. The maximum absolute atomic E-state index is 13.0. The molecule has 2 N–H and O–H groups in total. The molecule has 0 unspecified atom stereocenters. The molecule has 0 radical (unpaired) electrons. The van der Waals surface area contributed by atoms with Crippen LogP contribution >= 0.6 is 15.9 Å². The molecule has 1 heterocycles. The number of hydrazine groups is 1. The fourth-order valence-electron chi connectivity index (χ4n) is 2.76. The highest BCUT2D eigenvalue weighted by Gasteiger charge is 2.12. The predicted octanol–water partition coefficient (Wildman–Crippen LogP) is 4.96. The van der Waals surface area contributed by atoms with E-state index in [4.69, 9.17) is 0 Å². The lowest BCUT2D eigenvalue weighted by Crippen LogP contribution is -2.30. The van der Waals surface area contributed by atoms with Gasteiger partial charge in [0.15, 0.2) is 0 Å². The van der Waals surface area contributed by atoms with Gasteiger partial charge in [0.25, 0.3) is 5.91 Å². The van der Waals surface area contributed by atoms with Crippen LogP contribution in [0.1, 0.15) is 10.4 Å². The number of nitrogens with one attached hydrogen (secondary N) is 2. The van der Waals surface area contributed by atoms with Crippen molar-refractivity contribution in [1.29, 1.82) is 0 Å². The number of aromatic nitrogens is 2. The fraction of sp³-hybridized carbons (Fsp3) is 0. The maximum atomic E-state index is 13.0. The van der Waals surface area contributed by atoms with Gasteiger partial charge < -0.3 is 0 Å². The third kappa shape index (κ3) is 3.84. The Morgan fingerprint density at radius 2 is 1.68 bits per heavy atom. The van der Waals surface area contributed by atoms with Crippen LogP contribution < -0.4 is 10.9 Å². The molecule has 0 aliphatic carbocycles. The molecular formula is C21H14BrFN4O. The van der Waals surface area contributed by atoms with Crippen LogP contribution in [0.2, 0.25) is 0 Å². The first-order valence-electron chi connectivity index (χ1n) is 8.45. The molecule has 0 saturated heterocycles. The average Bonchev–Trinajstić information content (AvgIpc) is 2.72. The highest BCUT2D eigenvalue weighted by molar-refractivity contribution is 9.10. The predicted molar refractivity (Wildman–Crippen MR) is 110 cm³/mol. The van der Waals surface area contributed by atoms with Crippen LogP contribution in [-0.4, -0.2) is 15.9 Å². The Balaban J connectivity index is 1.67. The van der Waals surface area contributed by atoms with Gasteiger partial charge in [-0.1, -0.05) is 46.3 Å². The molecule has 0 saturated carbocycles. The lowest BCUT2D eigenvalue weighted by atomic mass is 10.1. The Kier molecular flexibility index (Phi) is 4.99. The number of amides is 1. The molecule has 28 heavy (non-hydrogen) atoms. The van der Waals surface area contributed by atoms with Crippen LogP contribution in [0.3, 0.4) is 0 Å². The fourth-order valence-corrected chi connectivity index (χ4v) is 3.12. The number of rotatable bonds is 4. The van der Waals surface area contributed by atoms with Gasteiger partial charge in [-0.15, -0.1) is 0 Å². The van der Waals surface area contributed by atoms with Crippen LogP contribution in [0.25, 0.3) is 22.2 Å². The SMILES string of the molecule is O=C(NNc1nc(-c2ccccc2)c2cc(Br)ccc2n1)c1ccc(F)cc1. The Hall–Kier alpha value is -3.32. The van der Waals surface area contributed by atoms with Gasteiger partial charge in [-0.2, -0.15) is 0 Å². The number of halogens is 2. The number of benzene rings is 3. The first kappa shape index (κ1) is 18.1. The lowest BCUT2D eigenvalue weighted by molar-refractivity contribution is 0.0962. The van der Waals surface area contributed by atoms with Gasteiger partial charge >= 0.3 is 0 Å². The Bertz CT molecular complexity index is 1150. The van der Waals surface area contributed by atoms with E-state index in [9.17, 15) is 9.18 Å². The number of fused-ring (bicyclic) bond motifs is 1. The minimum Gasteiger partial charge on any atom is -0.267 e. The topological polar surface area (TPSA) is 66.9 Å². The van der Waals surface area contributed by atoms with Crippen molar-refractivity contribution < 1.29 is 9.18 Å². The van der Waals surface area contributed by atoms with Gasteiger partial charge in [-0.25, -0.2) is 14.4 Å². The Morgan fingerprint density at radius 3 is 2.43 bits per heavy atom. The molecule has 138 valence electrons. The number of anilines is 1. The van der Waals surface area contributed by atoms with E-state index < -0.39 is 11.7 Å². The molecule has 0 spiro atoms. The Morgan fingerprint density at radius 1 is 0.929 bits per heavy atom. The second-order valence-electron chi connectivity index (χ2n) is 6.01. The van der Waals surface area contributed by atoms with E-state index in [1.165, 1.54) is 24.3 Å². The van der Waals surface area contributed by atoms with Crippen molar-refractivity contribution >= 4 is 38.7 Å². The first-order chi connectivity index (χ1) is 13.6. The van der Waals surface area contributed by atoms with Crippen molar-refractivity contribution in [3.8, 4) is 11.3 Å². The zero-order valence-corrected chi connectivity index (χ0v) is 16.1. The summed E-state index contributed by atoms with van der Waals surface area (Å²) in [6.07, 6.45) is 0. The van der Waals surface area contributed by atoms with E-state index in [2.05, 4.69) is 36.7 Å². The van der Waals surface area contributed by atoms with Gasteiger partial charge in [0, 0.05) is 21.0 Å². The molecule has 5 nitrogen and oxygen atoms in total. The third-order valence-corrected chi connectivity index (χ3v) is 4.59. The quantitative estimate of drug-likeness (QED) is 0.443. The van der Waals surface area contributed by atoms with Gasteiger partial charge in [-0.05, 0) is 42.5 Å². The van der Waals surface area contributed by atoms with Crippen LogP contribution in [-0.2, 0) is 0 Å².